The molecule has 1 nitrogen and oxygen atoms in total. The van der Waals surface area contributed by atoms with Crippen LogP contribution >= 0.6 is 0 Å². The quantitative estimate of drug-likeness (QED) is 0.759. The third-order valence-electron chi connectivity index (χ3n) is 2.34. The van der Waals surface area contributed by atoms with Crippen LogP contribution in [0, 0.1) is 0 Å². The van der Waals surface area contributed by atoms with E-state index in [2.05, 4.69) is 0 Å². The van der Waals surface area contributed by atoms with Gasteiger partial charge in [0.15, 0.2) is 0 Å². The van der Waals surface area contributed by atoms with E-state index in [1.54, 1.807) is 0 Å². The molecule has 0 fully saturated rings. The van der Waals surface area contributed by atoms with Gasteiger partial charge in [0, 0.05) is 12.8 Å². The van der Waals surface area contributed by atoms with Gasteiger partial charge in [-0.05, 0) is 11.6 Å². The van der Waals surface area contributed by atoms with Crippen molar-refractivity contribution >= 4 is 5.78 Å². The maximum absolute atomic E-state index is 12.4. The van der Waals surface area contributed by atoms with Gasteiger partial charge in [0.25, 0.3) is 0 Å². The van der Waals surface area contributed by atoms with E-state index in [4.69, 9.17) is 0 Å². The molecule has 0 amide bonds. The maximum Gasteiger partial charge on any atom is 0.416 e. The van der Waals surface area contributed by atoms with Crippen molar-refractivity contribution in [3.63, 3.8) is 0 Å². The lowest BCUT2D eigenvalue weighted by atomic mass is 10.0. The lowest BCUT2D eigenvalue weighted by Crippen LogP contribution is -2.12. The molecule has 0 aliphatic rings. The number of carbonyl (C=O) groups is 1. The van der Waals surface area contributed by atoms with Crippen LogP contribution in [0.1, 0.15) is 24.0 Å². The fourth-order valence-electron chi connectivity index (χ4n) is 1.45. The Balaban J connectivity index is 2.65. The van der Waals surface area contributed by atoms with E-state index in [1.165, 1.54) is 6.07 Å². The maximum atomic E-state index is 12.4. The number of Topliss-reactive ketones (excluding diaryl/α,β-unsaturated/α-hetero) is 1. The van der Waals surface area contributed by atoms with Gasteiger partial charge in [0.2, 0.25) is 0 Å². The summed E-state index contributed by atoms with van der Waals surface area (Å²) in [5.74, 6) is -0.739. The van der Waals surface area contributed by atoms with Crippen LogP contribution in [-0.2, 0) is 17.4 Å². The Bertz CT molecular complexity index is 446. The van der Waals surface area contributed by atoms with Gasteiger partial charge in [-0.2, -0.15) is 26.3 Å². The minimum absolute atomic E-state index is 0.0574. The topological polar surface area (TPSA) is 17.1 Å². The summed E-state index contributed by atoms with van der Waals surface area (Å²) in [6.07, 6.45) is -11.4. The van der Waals surface area contributed by atoms with Crippen molar-refractivity contribution < 1.29 is 31.1 Å². The molecule has 0 bridgehead atoms. The monoisotopic (exact) mass is 284 g/mol. The largest absolute Gasteiger partial charge is 0.416 e. The minimum Gasteiger partial charge on any atom is -0.299 e. The summed E-state index contributed by atoms with van der Waals surface area (Å²) >= 11 is 0. The van der Waals surface area contributed by atoms with Gasteiger partial charge < -0.3 is 0 Å². The van der Waals surface area contributed by atoms with E-state index < -0.39 is 43.0 Å². The van der Waals surface area contributed by atoms with Crippen molar-refractivity contribution in [1.82, 2.24) is 0 Å². The Morgan fingerprint density at radius 2 is 1.68 bits per heavy atom. The number of alkyl halides is 6. The first kappa shape index (κ1) is 15.5. The second-order valence-electron chi connectivity index (χ2n) is 4.03. The summed E-state index contributed by atoms with van der Waals surface area (Å²) in [5, 5.41) is 0. The fraction of sp³-hybridized carbons (Fsp3) is 0.417. The van der Waals surface area contributed by atoms with Gasteiger partial charge in [-0.25, -0.2) is 0 Å². The molecule has 0 atom stereocenters. The van der Waals surface area contributed by atoms with E-state index >= 15 is 0 Å². The molecule has 1 aromatic rings. The van der Waals surface area contributed by atoms with E-state index in [0.29, 0.717) is 0 Å². The Morgan fingerprint density at radius 3 is 2.21 bits per heavy atom. The molecular formula is C12H10F6O. The standard InChI is InChI=1S/C12H10F6O/c13-11(14,15)5-4-10(19)7-8-2-1-3-9(6-8)12(16,17)18/h1-3,6H,4-5,7H2. The summed E-state index contributed by atoms with van der Waals surface area (Å²) in [6, 6.07) is 4.01. The highest BCUT2D eigenvalue weighted by atomic mass is 19.4. The van der Waals surface area contributed by atoms with Crippen LogP contribution in [-0.4, -0.2) is 12.0 Å². The SMILES string of the molecule is O=C(CCC(F)(F)F)Cc1cccc(C(F)(F)F)c1. The van der Waals surface area contributed by atoms with Crippen LogP contribution in [0.5, 0.6) is 0 Å². The normalized spacial score (nSPS) is 12.5. The molecule has 0 saturated heterocycles. The van der Waals surface area contributed by atoms with Crippen LogP contribution in [0.25, 0.3) is 0 Å². The second-order valence-corrected chi connectivity index (χ2v) is 4.03. The highest BCUT2D eigenvalue weighted by molar-refractivity contribution is 5.80. The van der Waals surface area contributed by atoms with Crippen molar-refractivity contribution in [3.05, 3.63) is 35.4 Å². The molecule has 0 aromatic heterocycles. The first-order valence-corrected chi connectivity index (χ1v) is 5.32. The van der Waals surface area contributed by atoms with Gasteiger partial charge in [0.05, 0.1) is 12.0 Å². The number of ketones is 1. The molecule has 0 spiro atoms. The third kappa shape index (κ3) is 5.76. The number of benzene rings is 1. The van der Waals surface area contributed by atoms with Crippen LogP contribution in [0.2, 0.25) is 0 Å². The second kappa shape index (κ2) is 5.63. The van der Waals surface area contributed by atoms with Crippen molar-refractivity contribution in [1.29, 1.82) is 0 Å². The Kier molecular flexibility index (Phi) is 4.60. The molecule has 0 aliphatic heterocycles. The van der Waals surface area contributed by atoms with Gasteiger partial charge in [-0.1, -0.05) is 18.2 Å². The highest BCUT2D eigenvalue weighted by Crippen LogP contribution is 2.29. The summed E-state index contributed by atoms with van der Waals surface area (Å²) in [4.78, 5) is 11.2. The lowest BCUT2D eigenvalue weighted by molar-refractivity contribution is -0.143. The Hall–Kier alpha value is -1.53. The number of carbonyl (C=O) groups excluding carboxylic acids is 1. The first-order chi connectivity index (χ1) is 8.58. The van der Waals surface area contributed by atoms with E-state index in [1.807, 2.05) is 0 Å². The molecule has 0 aliphatic carbocycles. The molecule has 106 valence electrons. The fourth-order valence-corrected chi connectivity index (χ4v) is 1.45. The number of halogens is 6. The lowest BCUT2D eigenvalue weighted by Gasteiger charge is -2.09. The van der Waals surface area contributed by atoms with Crippen molar-refractivity contribution in [3.8, 4) is 0 Å². The number of hydrogen-bond acceptors (Lipinski definition) is 1. The van der Waals surface area contributed by atoms with Gasteiger partial charge in [-0.3, -0.25) is 4.79 Å². The molecular weight excluding hydrogens is 274 g/mol. The summed E-state index contributed by atoms with van der Waals surface area (Å²) in [6.45, 7) is 0. The van der Waals surface area contributed by atoms with Crippen molar-refractivity contribution in [2.45, 2.75) is 31.6 Å². The Morgan fingerprint density at radius 1 is 1.05 bits per heavy atom. The smallest absolute Gasteiger partial charge is 0.299 e. The molecule has 0 N–H and O–H groups in total. The predicted molar refractivity (Wildman–Crippen MR) is 55.4 cm³/mol. The Labute approximate surface area is 105 Å². The van der Waals surface area contributed by atoms with E-state index in [9.17, 15) is 31.1 Å². The zero-order chi connectivity index (χ0) is 14.7. The average molecular weight is 284 g/mol. The number of hydrogen-bond donors (Lipinski definition) is 0. The number of rotatable bonds is 4. The molecule has 0 unspecified atom stereocenters. The van der Waals surface area contributed by atoms with Crippen molar-refractivity contribution in [2.75, 3.05) is 0 Å². The van der Waals surface area contributed by atoms with Crippen molar-refractivity contribution in [2.24, 2.45) is 0 Å². The summed E-state index contributed by atoms with van der Waals surface area (Å²) < 4.78 is 72.8. The van der Waals surface area contributed by atoms with Crippen LogP contribution < -0.4 is 0 Å². The summed E-state index contributed by atoms with van der Waals surface area (Å²) in [5.41, 5.74) is -0.865. The van der Waals surface area contributed by atoms with Gasteiger partial charge in [-0.15, -0.1) is 0 Å². The molecule has 0 radical (unpaired) electrons. The van der Waals surface area contributed by atoms with Gasteiger partial charge >= 0.3 is 12.4 Å². The zero-order valence-corrected chi connectivity index (χ0v) is 9.61. The average Bonchev–Trinajstić information content (AvgIpc) is 2.25. The zero-order valence-electron chi connectivity index (χ0n) is 9.61. The minimum atomic E-state index is -4.54. The molecule has 1 rings (SSSR count). The molecule has 1 aromatic carbocycles. The molecule has 7 heteroatoms. The molecule has 0 saturated carbocycles. The summed E-state index contributed by atoms with van der Waals surface area (Å²) in [7, 11) is 0. The molecule has 19 heavy (non-hydrogen) atoms. The third-order valence-corrected chi connectivity index (χ3v) is 2.34. The first-order valence-electron chi connectivity index (χ1n) is 5.32. The molecule has 0 heterocycles. The predicted octanol–water partition coefficient (Wildman–Crippen LogP) is 4.16. The van der Waals surface area contributed by atoms with E-state index in [0.717, 1.165) is 18.2 Å². The van der Waals surface area contributed by atoms with E-state index in [-0.39, 0.29) is 5.56 Å². The van der Waals surface area contributed by atoms with Crippen LogP contribution in [0.3, 0.4) is 0 Å². The van der Waals surface area contributed by atoms with Crippen LogP contribution in [0.4, 0.5) is 26.3 Å². The highest BCUT2D eigenvalue weighted by Gasteiger charge is 2.31. The van der Waals surface area contributed by atoms with Crippen LogP contribution in [0.15, 0.2) is 24.3 Å². The van der Waals surface area contributed by atoms with Gasteiger partial charge in [0.1, 0.15) is 5.78 Å².